The van der Waals surface area contributed by atoms with Gasteiger partial charge < -0.3 is 14.0 Å². The molecule has 0 amide bonds. The SMILES string of the molecule is COc1cnn(-c2ccc3c4cnccc4n(COCC[Si](C)(C)C)c3n2)c1. The Morgan fingerprint density at radius 3 is 2.68 bits per heavy atom. The van der Waals surface area contributed by atoms with Gasteiger partial charge in [0.05, 0.1) is 25.0 Å². The quantitative estimate of drug-likeness (QED) is 0.348. The van der Waals surface area contributed by atoms with Gasteiger partial charge in [0.1, 0.15) is 12.4 Å². The zero-order valence-electron chi connectivity index (χ0n) is 16.7. The van der Waals surface area contributed by atoms with Crippen LogP contribution in [0.4, 0.5) is 0 Å². The predicted octanol–water partition coefficient (Wildman–Crippen LogP) is 4.09. The number of ether oxygens (including phenoxy) is 2. The Labute approximate surface area is 164 Å². The van der Waals surface area contributed by atoms with Crippen molar-refractivity contribution in [2.24, 2.45) is 0 Å². The minimum Gasteiger partial charge on any atom is -0.493 e. The van der Waals surface area contributed by atoms with E-state index in [1.807, 2.05) is 24.5 Å². The van der Waals surface area contributed by atoms with E-state index in [2.05, 4.69) is 40.4 Å². The fraction of sp³-hybridized carbons (Fsp3) is 0.350. The highest BCUT2D eigenvalue weighted by molar-refractivity contribution is 6.76. The Hall–Kier alpha value is -2.71. The summed E-state index contributed by atoms with van der Waals surface area (Å²) in [6.07, 6.45) is 7.17. The molecule has 0 saturated heterocycles. The molecular formula is C20H25N5O2Si. The molecule has 0 aliphatic heterocycles. The van der Waals surface area contributed by atoms with Gasteiger partial charge in [0, 0.05) is 37.8 Å². The lowest BCUT2D eigenvalue weighted by Gasteiger charge is -2.16. The van der Waals surface area contributed by atoms with E-state index in [-0.39, 0.29) is 0 Å². The molecule has 28 heavy (non-hydrogen) atoms. The standard InChI is InChI=1S/C20H25N5O2Si/c1-26-15-11-22-25(13-15)19-6-5-16-17-12-21-8-7-18(17)24(20(16)23-19)14-27-9-10-28(2,3)4/h5-8,11-13H,9-10,14H2,1-4H3. The molecule has 4 aromatic rings. The molecule has 146 valence electrons. The van der Waals surface area contributed by atoms with E-state index in [0.717, 1.165) is 40.4 Å². The zero-order chi connectivity index (χ0) is 19.7. The van der Waals surface area contributed by atoms with Crippen molar-refractivity contribution in [3.05, 3.63) is 43.0 Å². The zero-order valence-corrected chi connectivity index (χ0v) is 17.7. The number of fused-ring (bicyclic) bond motifs is 3. The summed E-state index contributed by atoms with van der Waals surface area (Å²) in [6, 6.07) is 7.17. The van der Waals surface area contributed by atoms with Gasteiger partial charge in [-0.05, 0) is 24.2 Å². The summed E-state index contributed by atoms with van der Waals surface area (Å²) in [7, 11) is 0.501. The molecule has 0 saturated carbocycles. The van der Waals surface area contributed by atoms with E-state index in [4.69, 9.17) is 14.5 Å². The third-order valence-corrected chi connectivity index (χ3v) is 6.45. The molecule has 0 aliphatic carbocycles. The number of nitrogens with zero attached hydrogens (tertiary/aromatic N) is 5. The van der Waals surface area contributed by atoms with Crippen LogP contribution in [0.1, 0.15) is 0 Å². The lowest BCUT2D eigenvalue weighted by atomic mass is 10.2. The Morgan fingerprint density at radius 2 is 1.93 bits per heavy atom. The van der Waals surface area contributed by atoms with Crippen LogP contribution in [0.5, 0.6) is 5.75 Å². The molecule has 0 radical (unpaired) electrons. The van der Waals surface area contributed by atoms with Crippen LogP contribution in [0, 0.1) is 0 Å². The highest BCUT2D eigenvalue weighted by Crippen LogP contribution is 2.28. The topological polar surface area (TPSA) is 67.0 Å². The lowest BCUT2D eigenvalue weighted by molar-refractivity contribution is 0.0926. The summed E-state index contributed by atoms with van der Waals surface area (Å²) >= 11 is 0. The van der Waals surface area contributed by atoms with Crippen molar-refractivity contribution in [3.8, 4) is 11.6 Å². The predicted molar refractivity (Wildman–Crippen MR) is 113 cm³/mol. The number of aromatic nitrogens is 5. The molecule has 4 heterocycles. The van der Waals surface area contributed by atoms with Crippen molar-refractivity contribution in [2.45, 2.75) is 32.4 Å². The number of methoxy groups -OCH3 is 1. The van der Waals surface area contributed by atoms with Gasteiger partial charge in [0.2, 0.25) is 0 Å². The van der Waals surface area contributed by atoms with E-state index >= 15 is 0 Å². The molecule has 0 bridgehead atoms. The normalized spacial score (nSPS) is 12.1. The van der Waals surface area contributed by atoms with E-state index in [0.29, 0.717) is 12.5 Å². The van der Waals surface area contributed by atoms with Gasteiger partial charge >= 0.3 is 0 Å². The fourth-order valence-corrected chi connectivity index (χ4v) is 3.88. The van der Waals surface area contributed by atoms with Gasteiger partial charge in [-0.2, -0.15) is 5.10 Å². The van der Waals surface area contributed by atoms with Gasteiger partial charge in [-0.25, -0.2) is 9.67 Å². The van der Waals surface area contributed by atoms with Crippen LogP contribution in [0.15, 0.2) is 43.0 Å². The molecule has 0 fully saturated rings. The van der Waals surface area contributed by atoms with Crippen LogP contribution in [-0.2, 0) is 11.5 Å². The van der Waals surface area contributed by atoms with Crippen molar-refractivity contribution >= 4 is 30.0 Å². The van der Waals surface area contributed by atoms with Gasteiger partial charge in [-0.15, -0.1) is 0 Å². The lowest BCUT2D eigenvalue weighted by Crippen LogP contribution is -2.22. The third kappa shape index (κ3) is 3.65. The van der Waals surface area contributed by atoms with E-state index in [1.54, 1.807) is 24.2 Å². The van der Waals surface area contributed by atoms with Crippen LogP contribution < -0.4 is 4.74 Å². The molecular weight excluding hydrogens is 370 g/mol. The maximum Gasteiger partial charge on any atom is 0.157 e. The molecule has 0 aromatic carbocycles. The van der Waals surface area contributed by atoms with E-state index in [1.165, 1.54) is 0 Å². The van der Waals surface area contributed by atoms with Crippen LogP contribution in [0.2, 0.25) is 25.7 Å². The second-order valence-corrected chi connectivity index (χ2v) is 13.7. The molecule has 4 aromatic heterocycles. The number of hydrogen-bond acceptors (Lipinski definition) is 5. The first-order valence-electron chi connectivity index (χ1n) is 9.36. The summed E-state index contributed by atoms with van der Waals surface area (Å²) in [6.45, 7) is 8.30. The number of pyridine rings is 2. The molecule has 7 nitrogen and oxygen atoms in total. The van der Waals surface area contributed by atoms with Crippen LogP contribution in [0.25, 0.3) is 27.8 Å². The van der Waals surface area contributed by atoms with Gasteiger partial charge in [-0.1, -0.05) is 19.6 Å². The Balaban J connectivity index is 1.73. The average molecular weight is 396 g/mol. The minimum absolute atomic E-state index is 0.466. The smallest absolute Gasteiger partial charge is 0.157 e. The van der Waals surface area contributed by atoms with Crippen LogP contribution in [0.3, 0.4) is 0 Å². The van der Waals surface area contributed by atoms with E-state index in [9.17, 15) is 0 Å². The van der Waals surface area contributed by atoms with Crippen molar-refractivity contribution in [1.29, 1.82) is 0 Å². The second-order valence-electron chi connectivity index (χ2n) is 8.03. The van der Waals surface area contributed by atoms with Gasteiger partial charge in [-0.3, -0.25) is 4.98 Å². The maximum absolute atomic E-state index is 6.03. The highest BCUT2D eigenvalue weighted by atomic mass is 28.3. The third-order valence-electron chi connectivity index (χ3n) is 4.74. The molecule has 0 unspecified atom stereocenters. The van der Waals surface area contributed by atoms with Crippen LogP contribution >= 0.6 is 0 Å². The second kappa shape index (κ2) is 7.37. The molecule has 4 rings (SSSR count). The summed E-state index contributed by atoms with van der Waals surface area (Å²) in [4.78, 5) is 9.16. The molecule has 0 atom stereocenters. The summed E-state index contributed by atoms with van der Waals surface area (Å²) < 4.78 is 15.1. The maximum atomic E-state index is 6.03. The Kier molecular flexibility index (Phi) is 4.90. The summed E-state index contributed by atoms with van der Waals surface area (Å²) in [5, 5.41) is 6.46. The largest absolute Gasteiger partial charge is 0.493 e. The van der Waals surface area contributed by atoms with Crippen molar-refractivity contribution in [2.75, 3.05) is 13.7 Å². The highest BCUT2D eigenvalue weighted by Gasteiger charge is 2.15. The van der Waals surface area contributed by atoms with Gasteiger partial charge in [0.25, 0.3) is 0 Å². The van der Waals surface area contributed by atoms with Crippen molar-refractivity contribution in [1.82, 2.24) is 24.3 Å². The number of hydrogen-bond donors (Lipinski definition) is 0. The first-order chi connectivity index (χ1) is 13.5. The number of rotatable bonds is 7. The summed E-state index contributed by atoms with van der Waals surface area (Å²) in [5.74, 6) is 1.43. The average Bonchev–Trinajstić information content (AvgIpc) is 3.27. The Morgan fingerprint density at radius 1 is 1.07 bits per heavy atom. The van der Waals surface area contributed by atoms with E-state index < -0.39 is 8.07 Å². The first kappa shape index (κ1) is 18.6. The first-order valence-corrected chi connectivity index (χ1v) is 13.1. The van der Waals surface area contributed by atoms with Gasteiger partial charge in [0.15, 0.2) is 11.6 Å². The molecule has 0 aliphatic rings. The fourth-order valence-electron chi connectivity index (χ4n) is 3.13. The molecule has 8 heteroatoms. The van der Waals surface area contributed by atoms with Crippen molar-refractivity contribution < 1.29 is 9.47 Å². The summed E-state index contributed by atoms with van der Waals surface area (Å²) in [5.41, 5.74) is 1.93. The molecule has 0 spiro atoms. The monoisotopic (exact) mass is 395 g/mol. The van der Waals surface area contributed by atoms with Crippen molar-refractivity contribution in [3.63, 3.8) is 0 Å². The van der Waals surface area contributed by atoms with Crippen LogP contribution in [-0.4, -0.2) is 46.1 Å². The minimum atomic E-state index is -1.12. The molecule has 0 N–H and O–H groups in total. The Bertz CT molecular complexity index is 1110.